The van der Waals surface area contributed by atoms with Gasteiger partial charge in [0.25, 0.3) is 0 Å². The van der Waals surface area contributed by atoms with Crippen molar-refractivity contribution in [1.29, 1.82) is 0 Å². The molecule has 0 bridgehead atoms. The van der Waals surface area contributed by atoms with Gasteiger partial charge >= 0.3 is 0 Å². The Morgan fingerprint density at radius 3 is 3.00 bits per heavy atom. The zero-order valence-corrected chi connectivity index (χ0v) is 12.2. The van der Waals surface area contributed by atoms with Gasteiger partial charge < -0.3 is 9.84 Å². The van der Waals surface area contributed by atoms with E-state index in [1.54, 1.807) is 0 Å². The second-order valence-corrected chi connectivity index (χ2v) is 5.72. The molecule has 0 saturated carbocycles. The normalized spacial score (nSPS) is 14.8. The fraction of sp³-hybridized carbons (Fsp3) is 0.267. The molecule has 1 aliphatic rings. The first-order valence-electron chi connectivity index (χ1n) is 6.36. The number of hydrogen-bond donors (Lipinski definition) is 1. The minimum Gasteiger partial charge on any atom is -0.493 e. The average molecular weight is 338 g/mol. The van der Waals surface area contributed by atoms with Crippen molar-refractivity contribution in [3.63, 3.8) is 0 Å². The number of fused-ring (bicyclic) bond motifs is 1. The van der Waals surface area contributed by atoms with Crippen LogP contribution in [0.25, 0.3) is 0 Å². The molecular formula is C15H13BrFNO2. The SMILES string of the molecule is OC(Cc1cc(Br)cc2c1OCC2)c1cncc(F)c1. The largest absolute Gasteiger partial charge is 0.493 e. The van der Waals surface area contributed by atoms with E-state index in [0.29, 0.717) is 18.6 Å². The van der Waals surface area contributed by atoms with Gasteiger partial charge in [-0.2, -0.15) is 0 Å². The van der Waals surface area contributed by atoms with E-state index in [4.69, 9.17) is 4.74 Å². The van der Waals surface area contributed by atoms with Crippen molar-refractivity contribution >= 4 is 15.9 Å². The molecule has 1 aromatic carbocycles. The summed E-state index contributed by atoms with van der Waals surface area (Å²) in [6.45, 7) is 0.663. The lowest BCUT2D eigenvalue weighted by Crippen LogP contribution is -2.04. The maximum Gasteiger partial charge on any atom is 0.141 e. The van der Waals surface area contributed by atoms with Gasteiger partial charge in [-0.15, -0.1) is 0 Å². The Kier molecular flexibility index (Phi) is 3.72. The first-order chi connectivity index (χ1) is 9.63. The molecule has 1 unspecified atom stereocenters. The number of rotatable bonds is 3. The summed E-state index contributed by atoms with van der Waals surface area (Å²) in [7, 11) is 0. The fourth-order valence-electron chi connectivity index (χ4n) is 2.43. The van der Waals surface area contributed by atoms with Crippen LogP contribution in [0.4, 0.5) is 4.39 Å². The number of hydrogen-bond acceptors (Lipinski definition) is 3. The van der Waals surface area contributed by atoms with Crippen molar-refractivity contribution in [2.75, 3.05) is 6.61 Å². The number of aliphatic hydroxyl groups excluding tert-OH is 1. The summed E-state index contributed by atoms with van der Waals surface area (Å²) in [5.41, 5.74) is 2.53. The molecule has 1 N–H and O–H groups in total. The second-order valence-electron chi connectivity index (χ2n) is 4.81. The van der Waals surface area contributed by atoms with Crippen molar-refractivity contribution in [3.05, 3.63) is 57.6 Å². The molecule has 2 aromatic rings. The summed E-state index contributed by atoms with van der Waals surface area (Å²) in [5, 5.41) is 10.2. The Balaban J connectivity index is 1.88. The molecule has 1 atom stereocenters. The summed E-state index contributed by atoms with van der Waals surface area (Å²) in [6.07, 6.45) is 3.04. The Labute approximate surface area is 124 Å². The highest BCUT2D eigenvalue weighted by Gasteiger charge is 2.20. The number of aliphatic hydroxyl groups is 1. The molecule has 2 heterocycles. The number of pyridine rings is 1. The first kappa shape index (κ1) is 13.5. The van der Waals surface area contributed by atoms with E-state index in [2.05, 4.69) is 20.9 Å². The predicted octanol–water partition coefficient (Wildman–Crippen LogP) is 3.19. The summed E-state index contributed by atoms with van der Waals surface area (Å²) >= 11 is 3.46. The monoisotopic (exact) mass is 337 g/mol. The van der Waals surface area contributed by atoms with Crippen LogP contribution in [0.1, 0.15) is 22.8 Å². The topological polar surface area (TPSA) is 42.4 Å². The molecule has 104 valence electrons. The van der Waals surface area contributed by atoms with Crippen LogP contribution in [0.2, 0.25) is 0 Å². The van der Waals surface area contributed by atoms with Crippen LogP contribution in [0.15, 0.2) is 35.1 Å². The van der Waals surface area contributed by atoms with E-state index >= 15 is 0 Å². The van der Waals surface area contributed by atoms with Crippen LogP contribution in [0.3, 0.4) is 0 Å². The predicted molar refractivity (Wildman–Crippen MR) is 76.2 cm³/mol. The summed E-state index contributed by atoms with van der Waals surface area (Å²) < 4.78 is 19.7. The zero-order chi connectivity index (χ0) is 14.1. The van der Waals surface area contributed by atoms with Crippen molar-refractivity contribution in [1.82, 2.24) is 4.98 Å². The van der Waals surface area contributed by atoms with Crippen LogP contribution in [-0.2, 0) is 12.8 Å². The number of aromatic nitrogens is 1. The van der Waals surface area contributed by atoms with E-state index in [1.165, 1.54) is 12.3 Å². The van der Waals surface area contributed by atoms with Gasteiger partial charge in [-0.05, 0) is 29.3 Å². The molecule has 0 aliphatic carbocycles. The maximum atomic E-state index is 13.1. The molecule has 0 amide bonds. The van der Waals surface area contributed by atoms with Crippen molar-refractivity contribution in [2.45, 2.75) is 18.9 Å². The van der Waals surface area contributed by atoms with Gasteiger partial charge in [0.15, 0.2) is 0 Å². The minimum atomic E-state index is -0.805. The van der Waals surface area contributed by atoms with E-state index < -0.39 is 11.9 Å². The lowest BCUT2D eigenvalue weighted by molar-refractivity contribution is 0.176. The lowest BCUT2D eigenvalue weighted by Gasteiger charge is -2.14. The first-order valence-corrected chi connectivity index (χ1v) is 7.15. The van der Waals surface area contributed by atoms with Gasteiger partial charge in [0.05, 0.1) is 18.9 Å². The molecule has 0 radical (unpaired) electrons. The molecule has 20 heavy (non-hydrogen) atoms. The molecule has 3 nitrogen and oxygen atoms in total. The second kappa shape index (κ2) is 5.50. The Bertz CT molecular complexity index is 648. The van der Waals surface area contributed by atoms with Gasteiger partial charge in [0.2, 0.25) is 0 Å². The molecule has 1 aliphatic heterocycles. The third-order valence-corrected chi connectivity index (χ3v) is 3.81. The zero-order valence-electron chi connectivity index (χ0n) is 10.6. The molecule has 0 saturated heterocycles. The third-order valence-electron chi connectivity index (χ3n) is 3.35. The summed E-state index contributed by atoms with van der Waals surface area (Å²) in [6, 6.07) is 5.26. The van der Waals surface area contributed by atoms with Gasteiger partial charge in [0, 0.05) is 29.1 Å². The third kappa shape index (κ3) is 2.69. The Morgan fingerprint density at radius 2 is 2.20 bits per heavy atom. The molecule has 1 aromatic heterocycles. The lowest BCUT2D eigenvalue weighted by atomic mass is 9.99. The average Bonchev–Trinajstić information content (AvgIpc) is 2.86. The van der Waals surface area contributed by atoms with Gasteiger partial charge in [-0.1, -0.05) is 15.9 Å². The number of benzene rings is 1. The van der Waals surface area contributed by atoms with Gasteiger partial charge in [-0.3, -0.25) is 4.98 Å². The van der Waals surface area contributed by atoms with Crippen molar-refractivity contribution in [2.24, 2.45) is 0 Å². The van der Waals surface area contributed by atoms with Crippen LogP contribution in [0.5, 0.6) is 5.75 Å². The van der Waals surface area contributed by atoms with Crippen LogP contribution < -0.4 is 4.74 Å². The van der Waals surface area contributed by atoms with E-state index in [0.717, 1.165) is 34.0 Å². The van der Waals surface area contributed by atoms with Gasteiger partial charge in [-0.25, -0.2) is 4.39 Å². The van der Waals surface area contributed by atoms with Gasteiger partial charge in [0.1, 0.15) is 11.6 Å². The van der Waals surface area contributed by atoms with Crippen LogP contribution >= 0.6 is 15.9 Å². The molecule has 0 spiro atoms. The van der Waals surface area contributed by atoms with E-state index in [9.17, 15) is 9.50 Å². The van der Waals surface area contributed by atoms with E-state index in [1.807, 2.05) is 12.1 Å². The number of ether oxygens (including phenoxy) is 1. The Hall–Kier alpha value is -1.46. The highest BCUT2D eigenvalue weighted by molar-refractivity contribution is 9.10. The summed E-state index contributed by atoms with van der Waals surface area (Å²) in [4.78, 5) is 3.76. The fourth-order valence-corrected chi connectivity index (χ4v) is 2.99. The quantitative estimate of drug-likeness (QED) is 0.935. The van der Waals surface area contributed by atoms with Crippen LogP contribution in [-0.4, -0.2) is 16.7 Å². The van der Waals surface area contributed by atoms with E-state index in [-0.39, 0.29) is 0 Å². The maximum absolute atomic E-state index is 13.1. The molecule has 3 rings (SSSR count). The smallest absolute Gasteiger partial charge is 0.141 e. The number of halogens is 2. The minimum absolute atomic E-state index is 0.368. The van der Waals surface area contributed by atoms with Crippen molar-refractivity contribution in [3.8, 4) is 5.75 Å². The molecule has 0 fully saturated rings. The Morgan fingerprint density at radius 1 is 1.35 bits per heavy atom. The highest BCUT2D eigenvalue weighted by atomic mass is 79.9. The number of nitrogens with zero attached hydrogens (tertiary/aromatic N) is 1. The summed E-state index contributed by atoms with van der Waals surface area (Å²) in [5.74, 6) is 0.397. The van der Waals surface area contributed by atoms with Crippen LogP contribution in [0, 0.1) is 5.82 Å². The standard InChI is InChI=1S/C15H13BrFNO2/c16-12-3-9-1-2-20-15(9)10(4-12)6-14(19)11-5-13(17)8-18-7-11/h3-5,7-8,14,19H,1-2,6H2. The molecular weight excluding hydrogens is 325 g/mol. The highest BCUT2D eigenvalue weighted by Crippen LogP contribution is 2.35. The molecule has 5 heteroatoms. The van der Waals surface area contributed by atoms with Crippen molar-refractivity contribution < 1.29 is 14.2 Å².